The van der Waals surface area contributed by atoms with E-state index in [0.29, 0.717) is 23.7 Å². The number of hydrogen-bond acceptors (Lipinski definition) is 7. The van der Waals surface area contributed by atoms with Crippen molar-refractivity contribution in [1.29, 1.82) is 0 Å². The first-order valence-corrected chi connectivity index (χ1v) is 8.33. The molecule has 9 nitrogen and oxygen atoms in total. The molecule has 2 aromatic heterocycles. The monoisotopic (exact) mass is 351 g/mol. The molecule has 2 heterocycles. The van der Waals surface area contributed by atoms with Gasteiger partial charge in [0.1, 0.15) is 16.4 Å². The predicted octanol–water partition coefficient (Wildman–Crippen LogP) is 1.40. The van der Waals surface area contributed by atoms with E-state index in [9.17, 15) is 18.5 Å². The number of rotatable bonds is 6. The lowest BCUT2D eigenvalue weighted by atomic mass is 10.6. The van der Waals surface area contributed by atoms with Gasteiger partial charge in [0.15, 0.2) is 4.34 Å². The van der Waals surface area contributed by atoms with Gasteiger partial charge < -0.3 is 4.57 Å². The molecule has 114 valence electrons. The third kappa shape index (κ3) is 3.37. The number of thiophene rings is 1. The van der Waals surface area contributed by atoms with Gasteiger partial charge in [-0.25, -0.2) is 13.1 Å². The summed E-state index contributed by atoms with van der Waals surface area (Å²) >= 11 is 6.28. The van der Waals surface area contributed by atoms with Crippen LogP contribution in [-0.2, 0) is 23.1 Å². The summed E-state index contributed by atoms with van der Waals surface area (Å²) in [4.78, 5) is 9.95. The highest BCUT2D eigenvalue weighted by molar-refractivity contribution is 7.91. The molecule has 0 aliphatic rings. The Morgan fingerprint density at radius 2 is 2.29 bits per heavy atom. The Bertz CT molecular complexity index is 769. The molecule has 0 spiro atoms. The van der Waals surface area contributed by atoms with Gasteiger partial charge in [-0.15, -0.1) is 21.5 Å². The van der Waals surface area contributed by atoms with Crippen molar-refractivity contribution in [3.63, 3.8) is 0 Å². The number of hydrogen-bond donors (Lipinski definition) is 1. The number of halogens is 1. The summed E-state index contributed by atoms with van der Waals surface area (Å²) in [5.41, 5.74) is -0.432. The molecule has 0 aromatic carbocycles. The molecule has 0 radical (unpaired) electrons. The van der Waals surface area contributed by atoms with Gasteiger partial charge in [0.25, 0.3) is 15.7 Å². The van der Waals surface area contributed by atoms with E-state index in [4.69, 9.17) is 11.6 Å². The van der Waals surface area contributed by atoms with E-state index >= 15 is 0 Å². The third-order valence-corrected chi connectivity index (χ3v) is 5.78. The molecule has 0 saturated carbocycles. The Hall–Kier alpha value is -1.56. The average molecular weight is 352 g/mol. The minimum absolute atomic E-state index is 0.0700. The van der Waals surface area contributed by atoms with Crippen LogP contribution in [0.1, 0.15) is 12.7 Å². The van der Waals surface area contributed by atoms with Crippen molar-refractivity contribution in [1.82, 2.24) is 19.5 Å². The summed E-state index contributed by atoms with van der Waals surface area (Å²) in [6.45, 7) is 2.39. The molecule has 21 heavy (non-hydrogen) atoms. The molecule has 0 aliphatic heterocycles. The van der Waals surface area contributed by atoms with Crippen molar-refractivity contribution >= 4 is 38.6 Å². The zero-order chi connectivity index (χ0) is 15.6. The topological polar surface area (TPSA) is 120 Å². The number of nitro groups is 1. The van der Waals surface area contributed by atoms with Gasteiger partial charge in [-0.2, -0.15) is 0 Å². The van der Waals surface area contributed by atoms with Crippen LogP contribution in [0.2, 0.25) is 4.34 Å². The van der Waals surface area contributed by atoms with Crippen LogP contribution < -0.4 is 4.72 Å². The lowest BCUT2D eigenvalue weighted by Gasteiger charge is -2.05. The molecular formula is C9H10ClN5O4S2. The van der Waals surface area contributed by atoms with Gasteiger partial charge >= 0.3 is 0 Å². The fourth-order valence-corrected chi connectivity index (χ4v) is 4.20. The van der Waals surface area contributed by atoms with E-state index in [2.05, 4.69) is 14.9 Å². The van der Waals surface area contributed by atoms with E-state index in [1.54, 1.807) is 4.57 Å². The Morgan fingerprint density at radius 1 is 1.57 bits per heavy atom. The summed E-state index contributed by atoms with van der Waals surface area (Å²) in [5.74, 6) is 0.443. The second kappa shape index (κ2) is 6.05. The van der Waals surface area contributed by atoms with Gasteiger partial charge in [-0.05, 0) is 6.92 Å². The van der Waals surface area contributed by atoms with E-state index in [1.165, 1.54) is 6.33 Å². The average Bonchev–Trinajstić information content (AvgIpc) is 3.02. The highest BCUT2D eigenvalue weighted by atomic mass is 35.5. The minimum atomic E-state index is -3.90. The molecule has 0 unspecified atom stereocenters. The van der Waals surface area contributed by atoms with Crippen molar-refractivity contribution in [2.24, 2.45) is 0 Å². The number of sulfonamides is 1. The number of nitrogens with zero attached hydrogens (tertiary/aromatic N) is 4. The summed E-state index contributed by atoms with van der Waals surface area (Å²) < 4.78 is 27.7. The maximum atomic E-state index is 12.1. The van der Waals surface area contributed by atoms with Crippen LogP contribution in [0.15, 0.2) is 16.6 Å². The van der Waals surface area contributed by atoms with Gasteiger partial charge in [-0.3, -0.25) is 10.1 Å². The molecule has 2 aromatic rings. The minimum Gasteiger partial charge on any atom is -0.317 e. The lowest BCUT2D eigenvalue weighted by Crippen LogP contribution is -2.24. The Labute approximate surface area is 128 Å². The van der Waals surface area contributed by atoms with Crippen LogP contribution >= 0.6 is 22.9 Å². The maximum Gasteiger partial charge on any atom is 0.300 e. The predicted molar refractivity (Wildman–Crippen MR) is 75.7 cm³/mol. The SMILES string of the molecule is CCn1cnnc1CNS(=O)(=O)c1cc([N+](=O)[O-])c(Cl)s1. The zero-order valence-corrected chi connectivity index (χ0v) is 13.1. The second-order valence-corrected chi connectivity index (χ2v) is 7.49. The van der Waals surface area contributed by atoms with Crippen LogP contribution in [0.25, 0.3) is 0 Å². The number of nitrogens with one attached hydrogen (secondary N) is 1. The largest absolute Gasteiger partial charge is 0.317 e. The molecule has 0 bridgehead atoms. The smallest absolute Gasteiger partial charge is 0.300 e. The van der Waals surface area contributed by atoms with Crippen LogP contribution in [0.4, 0.5) is 5.69 Å². The molecule has 0 amide bonds. The van der Waals surface area contributed by atoms with Crippen molar-refractivity contribution in [3.05, 3.63) is 32.7 Å². The first-order valence-electron chi connectivity index (χ1n) is 5.65. The standard InChI is InChI=1S/C9H10ClN5O4S2/c1-2-14-5-11-13-7(14)4-12-21(18,19)8-3-6(15(16)17)9(10)20-8/h3,5,12H,2,4H2,1H3. The number of aryl methyl sites for hydroxylation is 1. The molecule has 0 aliphatic carbocycles. The maximum absolute atomic E-state index is 12.1. The third-order valence-electron chi connectivity index (χ3n) is 2.56. The summed E-state index contributed by atoms with van der Waals surface area (Å²) in [6, 6.07) is 0.930. The quantitative estimate of drug-likeness (QED) is 0.620. The van der Waals surface area contributed by atoms with Gasteiger partial charge in [0, 0.05) is 12.6 Å². The molecular weight excluding hydrogens is 342 g/mol. The van der Waals surface area contributed by atoms with Crippen molar-refractivity contribution < 1.29 is 13.3 Å². The highest BCUT2D eigenvalue weighted by Crippen LogP contribution is 2.36. The van der Waals surface area contributed by atoms with Crippen molar-refractivity contribution in [3.8, 4) is 0 Å². The summed E-state index contributed by atoms with van der Waals surface area (Å²) in [5, 5.41) is 18.1. The lowest BCUT2D eigenvalue weighted by molar-refractivity contribution is -0.384. The normalized spacial score (nSPS) is 11.7. The first-order chi connectivity index (χ1) is 9.85. The van der Waals surface area contributed by atoms with Crippen molar-refractivity contribution in [2.75, 3.05) is 0 Å². The molecule has 0 atom stereocenters. The molecule has 12 heteroatoms. The van der Waals surface area contributed by atoms with Crippen molar-refractivity contribution in [2.45, 2.75) is 24.2 Å². The Kier molecular flexibility index (Phi) is 4.56. The highest BCUT2D eigenvalue weighted by Gasteiger charge is 2.25. The molecule has 2 rings (SSSR count). The molecule has 0 fully saturated rings. The molecule has 0 saturated heterocycles. The fraction of sp³-hybridized carbons (Fsp3) is 0.333. The van der Waals surface area contributed by atoms with Crippen LogP contribution in [-0.4, -0.2) is 28.1 Å². The van der Waals surface area contributed by atoms with Gasteiger partial charge in [0.2, 0.25) is 0 Å². The number of aromatic nitrogens is 3. The van der Waals surface area contributed by atoms with Gasteiger partial charge in [0.05, 0.1) is 11.5 Å². The Balaban J connectivity index is 2.19. The fourth-order valence-electron chi connectivity index (χ4n) is 1.51. The first kappa shape index (κ1) is 15.8. The summed E-state index contributed by atoms with van der Waals surface area (Å²) in [6.07, 6.45) is 1.48. The Morgan fingerprint density at radius 3 is 2.86 bits per heavy atom. The second-order valence-electron chi connectivity index (χ2n) is 3.84. The molecule has 1 N–H and O–H groups in total. The summed E-state index contributed by atoms with van der Waals surface area (Å²) in [7, 11) is -3.90. The van der Waals surface area contributed by atoms with Gasteiger partial charge in [-0.1, -0.05) is 11.6 Å². The van der Waals surface area contributed by atoms with E-state index in [0.717, 1.165) is 6.07 Å². The van der Waals surface area contributed by atoms with E-state index < -0.39 is 20.6 Å². The van der Waals surface area contributed by atoms with E-state index in [-0.39, 0.29) is 15.1 Å². The van der Waals surface area contributed by atoms with Crippen LogP contribution in [0, 0.1) is 10.1 Å². The van der Waals surface area contributed by atoms with Crippen LogP contribution in [0.5, 0.6) is 0 Å². The van der Waals surface area contributed by atoms with E-state index in [1.807, 2.05) is 6.92 Å². The van der Waals surface area contributed by atoms with Crippen LogP contribution in [0.3, 0.4) is 0 Å². The zero-order valence-electron chi connectivity index (χ0n) is 10.7.